The van der Waals surface area contributed by atoms with Crippen LogP contribution in [0.5, 0.6) is 11.5 Å². The van der Waals surface area contributed by atoms with Gasteiger partial charge < -0.3 is 14.8 Å². The van der Waals surface area contributed by atoms with Gasteiger partial charge in [-0.3, -0.25) is 4.79 Å². The van der Waals surface area contributed by atoms with Gasteiger partial charge in [0.2, 0.25) is 0 Å². The van der Waals surface area contributed by atoms with Gasteiger partial charge in [-0.05, 0) is 30.2 Å². The van der Waals surface area contributed by atoms with E-state index in [-0.39, 0.29) is 18.0 Å². The molecule has 0 fully saturated rings. The van der Waals surface area contributed by atoms with Crippen molar-refractivity contribution in [2.45, 2.75) is 19.5 Å². The number of ether oxygens (including phenoxy) is 2. The van der Waals surface area contributed by atoms with E-state index in [1.807, 2.05) is 19.1 Å². The molecule has 0 bridgehead atoms. The lowest BCUT2D eigenvalue weighted by atomic mass is 10.1. The van der Waals surface area contributed by atoms with E-state index >= 15 is 0 Å². The van der Waals surface area contributed by atoms with E-state index < -0.39 is 18.7 Å². The highest BCUT2D eigenvalue weighted by Gasteiger charge is 2.28. The maximum absolute atomic E-state index is 12.3. The van der Waals surface area contributed by atoms with Crippen LogP contribution in [-0.4, -0.2) is 25.3 Å². The summed E-state index contributed by atoms with van der Waals surface area (Å²) >= 11 is 0. The Labute approximate surface area is 143 Å². The summed E-state index contributed by atoms with van der Waals surface area (Å²) in [7, 11) is 0. The number of benzene rings is 2. The van der Waals surface area contributed by atoms with Crippen molar-refractivity contribution in [3.63, 3.8) is 0 Å². The van der Waals surface area contributed by atoms with Gasteiger partial charge in [0.15, 0.2) is 13.2 Å². The van der Waals surface area contributed by atoms with Gasteiger partial charge in [0.1, 0.15) is 11.5 Å². The first-order valence-electron chi connectivity index (χ1n) is 7.68. The van der Waals surface area contributed by atoms with Crippen LogP contribution in [0.2, 0.25) is 0 Å². The van der Waals surface area contributed by atoms with Crippen LogP contribution in [0.15, 0.2) is 48.5 Å². The molecule has 0 aromatic heterocycles. The highest BCUT2D eigenvalue weighted by Crippen LogP contribution is 2.26. The molecule has 0 aliphatic carbocycles. The third-order valence-corrected chi connectivity index (χ3v) is 3.26. The minimum absolute atomic E-state index is 0.0536. The van der Waals surface area contributed by atoms with Crippen LogP contribution in [0.1, 0.15) is 12.5 Å². The Morgan fingerprint density at radius 3 is 2.32 bits per heavy atom. The summed E-state index contributed by atoms with van der Waals surface area (Å²) in [5, 5.41) is 2.50. The second-order valence-electron chi connectivity index (χ2n) is 5.20. The quantitative estimate of drug-likeness (QED) is 0.811. The number of rotatable bonds is 7. The third kappa shape index (κ3) is 6.02. The molecule has 2 rings (SSSR count). The fourth-order valence-electron chi connectivity index (χ4n) is 2.12. The zero-order valence-electron chi connectivity index (χ0n) is 13.6. The minimum atomic E-state index is -4.45. The minimum Gasteiger partial charge on any atom is -0.483 e. The summed E-state index contributed by atoms with van der Waals surface area (Å²) in [5.41, 5.74) is 1.12. The summed E-state index contributed by atoms with van der Waals surface area (Å²) < 4.78 is 47.1. The molecule has 25 heavy (non-hydrogen) atoms. The molecule has 2 aromatic rings. The van der Waals surface area contributed by atoms with Crippen LogP contribution in [0.3, 0.4) is 0 Å². The van der Waals surface area contributed by atoms with Gasteiger partial charge in [-0.2, -0.15) is 13.2 Å². The van der Waals surface area contributed by atoms with Gasteiger partial charge in [-0.25, -0.2) is 0 Å². The molecule has 2 aromatic carbocycles. The van der Waals surface area contributed by atoms with Crippen molar-refractivity contribution >= 4 is 11.6 Å². The monoisotopic (exact) mass is 353 g/mol. The molecule has 4 nitrogen and oxygen atoms in total. The maximum atomic E-state index is 12.3. The molecule has 7 heteroatoms. The van der Waals surface area contributed by atoms with Crippen molar-refractivity contribution in [1.29, 1.82) is 0 Å². The molecular weight excluding hydrogens is 335 g/mol. The topological polar surface area (TPSA) is 47.6 Å². The lowest BCUT2D eigenvalue weighted by Crippen LogP contribution is -2.22. The average molecular weight is 353 g/mol. The van der Waals surface area contributed by atoms with Crippen LogP contribution in [0, 0.1) is 0 Å². The molecule has 0 atom stereocenters. The summed E-state index contributed by atoms with van der Waals surface area (Å²) in [6.07, 6.45) is -3.70. The highest BCUT2D eigenvalue weighted by molar-refractivity contribution is 5.93. The number of anilines is 1. The standard InChI is InChI=1S/C18H18F3NO3/c1-2-13-7-3-5-9-15(13)24-11-17(23)22-14-8-4-6-10-16(14)25-12-18(19,20)21/h3-10H,2,11-12H2,1H3,(H,22,23). The predicted octanol–water partition coefficient (Wildman–Crippen LogP) is 4.21. The summed E-state index contributed by atoms with van der Waals surface area (Å²) in [5.74, 6) is 0.0536. The van der Waals surface area contributed by atoms with Crippen molar-refractivity contribution in [3.8, 4) is 11.5 Å². The molecule has 0 saturated carbocycles. The van der Waals surface area contributed by atoms with Crippen LogP contribution in [0.4, 0.5) is 18.9 Å². The Bertz CT molecular complexity index is 717. The van der Waals surface area contributed by atoms with Gasteiger partial charge in [0.05, 0.1) is 5.69 Å². The first-order chi connectivity index (χ1) is 11.9. The predicted molar refractivity (Wildman–Crippen MR) is 87.9 cm³/mol. The first-order valence-corrected chi connectivity index (χ1v) is 7.68. The van der Waals surface area contributed by atoms with Crippen molar-refractivity contribution in [2.24, 2.45) is 0 Å². The van der Waals surface area contributed by atoms with E-state index in [9.17, 15) is 18.0 Å². The second kappa shape index (κ2) is 8.41. The number of carbonyl (C=O) groups is 1. The number of para-hydroxylation sites is 3. The van der Waals surface area contributed by atoms with Crippen LogP contribution in [-0.2, 0) is 11.2 Å². The molecule has 0 radical (unpaired) electrons. The van der Waals surface area contributed by atoms with Gasteiger partial charge in [-0.1, -0.05) is 37.3 Å². The number of hydrogen-bond donors (Lipinski definition) is 1. The summed E-state index contributed by atoms with van der Waals surface area (Å²) in [4.78, 5) is 12.0. The van der Waals surface area contributed by atoms with E-state index in [0.29, 0.717) is 5.75 Å². The van der Waals surface area contributed by atoms with E-state index in [0.717, 1.165) is 12.0 Å². The Morgan fingerprint density at radius 1 is 1.00 bits per heavy atom. The highest BCUT2D eigenvalue weighted by atomic mass is 19.4. The Morgan fingerprint density at radius 2 is 1.64 bits per heavy atom. The molecule has 0 saturated heterocycles. The zero-order chi connectivity index (χ0) is 18.3. The Kier molecular flexibility index (Phi) is 6.27. The van der Waals surface area contributed by atoms with Gasteiger partial charge in [0, 0.05) is 0 Å². The van der Waals surface area contributed by atoms with E-state index in [1.54, 1.807) is 18.2 Å². The molecule has 1 amide bonds. The Hall–Kier alpha value is -2.70. The van der Waals surface area contributed by atoms with Crippen LogP contribution in [0.25, 0.3) is 0 Å². The maximum Gasteiger partial charge on any atom is 0.422 e. The lowest BCUT2D eigenvalue weighted by molar-refractivity contribution is -0.153. The zero-order valence-corrected chi connectivity index (χ0v) is 13.6. The molecule has 0 heterocycles. The molecular formula is C18H18F3NO3. The third-order valence-electron chi connectivity index (χ3n) is 3.26. The smallest absolute Gasteiger partial charge is 0.422 e. The second-order valence-corrected chi connectivity index (χ2v) is 5.20. The van der Waals surface area contributed by atoms with Gasteiger partial charge >= 0.3 is 6.18 Å². The van der Waals surface area contributed by atoms with Gasteiger partial charge in [-0.15, -0.1) is 0 Å². The number of halogens is 3. The largest absolute Gasteiger partial charge is 0.483 e. The fraction of sp³-hybridized carbons (Fsp3) is 0.278. The number of hydrogen-bond acceptors (Lipinski definition) is 3. The fourth-order valence-corrected chi connectivity index (χ4v) is 2.12. The molecule has 0 aliphatic heterocycles. The van der Waals surface area contributed by atoms with Crippen LogP contribution < -0.4 is 14.8 Å². The average Bonchev–Trinajstić information content (AvgIpc) is 2.58. The molecule has 1 N–H and O–H groups in total. The normalized spacial score (nSPS) is 11.0. The van der Waals surface area contributed by atoms with Crippen LogP contribution >= 0.6 is 0 Å². The van der Waals surface area contributed by atoms with Crippen molar-refractivity contribution in [2.75, 3.05) is 18.5 Å². The van der Waals surface area contributed by atoms with E-state index in [1.165, 1.54) is 18.2 Å². The van der Waals surface area contributed by atoms with Crippen molar-refractivity contribution in [1.82, 2.24) is 0 Å². The van der Waals surface area contributed by atoms with E-state index in [2.05, 4.69) is 5.32 Å². The molecule has 134 valence electrons. The molecule has 0 aliphatic rings. The number of amides is 1. The van der Waals surface area contributed by atoms with Gasteiger partial charge in [0.25, 0.3) is 5.91 Å². The summed E-state index contributed by atoms with van der Waals surface area (Å²) in [6, 6.07) is 13.3. The first kappa shape index (κ1) is 18.6. The lowest BCUT2D eigenvalue weighted by Gasteiger charge is -2.14. The van der Waals surface area contributed by atoms with Crippen molar-refractivity contribution in [3.05, 3.63) is 54.1 Å². The SMILES string of the molecule is CCc1ccccc1OCC(=O)Nc1ccccc1OCC(F)(F)F. The Balaban J connectivity index is 1.96. The number of nitrogens with one attached hydrogen (secondary N) is 1. The van der Waals surface area contributed by atoms with E-state index in [4.69, 9.17) is 9.47 Å². The van der Waals surface area contributed by atoms with Crippen molar-refractivity contribution < 1.29 is 27.4 Å². The summed E-state index contributed by atoms with van der Waals surface area (Å²) in [6.45, 7) is 0.279. The number of alkyl halides is 3. The molecule has 0 spiro atoms. The number of aryl methyl sites for hydroxylation is 1. The molecule has 0 unspecified atom stereocenters. The number of carbonyl (C=O) groups excluding carboxylic acids is 1.